The van der Waals surface area contributed by atoms with Gasteiger partial charge in [0.05, 0.1) is 30.2 Å². The lowest BCUT2D eigenvalue weighted by Gasteiger charge is -2.15. The van der Waals surface area contributed by atoms with E-state index in [1.54, 1.807) is 18.5 Å². The highest BCUT2D eigenvalue weighted by Crippen LogP contribution is 2.32. The Labute approximate surface area is 207 Å². The maximum absolute atomic E-state index is 12.8. The third-order valence-electron chi connectivity index (χ3n) is 6.60. The number of nitrogens with two attached hydrogens (primary N) is 1. The second-order valence-electron chi connectivity index (χ2n) is 9.01. The average molecular weight is 499 g/mol. The second-order valence-corrected chi connectivity index (χ2v) is 9.95. The van der Waals surface area contributed by atoms with Crippen LogP contribution in [0, 0.1) is 0 Å². The molecule has 2 saturated carbocycles. The van der Waals surface area contributed by atoms with Crippen molar-refractivity contribution in [2.75, 3.05) is 22.1 Å². The predicted octanol–water partition coefficient (Wildman–Crippen LogP) is 2.85. The Morgan fingerprint density at radius 1 is 0.886 bits per heavy atom. The summed E-state index contributed by atoms with van der Waals surface area (Å²) in [5, 5.41) is 23.0. The summed E-state index contributed by atoms with van der Waals surface area (Å²) in [5.41, 5.74) is 5.96. The molecule has 0 radical (unpaired) electrons. The van der Waals surface area contributed by atoms with Gasteiger partial charge in [0.25, 0.3) is 0 Å². The van der Waals surface area contributed by atoms with Crippen LogP contribution in [0.2, 0.25) is 0 Å². The van der Waals surface area contributed by atoms with E-state index in [0.29, 0.717) is 28.9 Å². The van der Waals surface area contributed by atoms with Gasteiger partial charge in [-0.1, -0.05) is 37.4 Å². The number of rotatable bonds is 9. The number of nitrogen functional groups attached to an aromatic ring is 1. The van der Waals surface area contributed by atoms with Crippen LogP contribution in [-0.4, -0.2) is 51.9 Å². The molecule has 0 aliphatic heterocycles. The van der Waals surface area contributed by atoms with Gasteiger partial charge in [0.1, 0.15) is 18.2 Å². The van der Waals surface area contributed by atoms with E-state index in [9.17, 15) is 9.59 Å². The number of amides is 2. The fraction of sp³-hybridized carbons (Fsp3) is 0.545. The van der Waals surface area contributed by atoms with Gasteiger partial charge in [-0.25, -0.2) is 9.36 Å². The van der Waals surface area contributed by atoms with E-state index in [4.69, 9.17) is 5.73 Å². The molecule has 0 spiro atoms. The molecule has 186 valence electrons. The van der Waals surface area contributed by atoms with Gasteiger partial charge in [-0.15, -0.1) is 10.2 Å². The molecule has 35 heavy (non-hydrogen) atoms. The van der Waals surface area contributed by atoms with Gasteiger partial charge in [0.2, 0.25) is 17.8 Å². The van der Waals surface area contributed by atoms with Crippen LogP contribution in [0.25, 0.3) is 0 Å². The minimum absolute atomic E-state index is 0.0624. The maximum Gasteiger partial charge on any atom is 0.245 e. The van der Waals surface area contributed by atoms with Crippen molar-refractivity contribution in [3.8, 4) is 0 Å². The average Bonchev–Trinajstić information content (AvgIpc) is 3.65. The summed E-state index contributed by atoms with van der Waals surface area (Å²) in [4.78, 5) is 25.4. The van der Waals surface area contributed by atoms with Crippen molar-refractivity contribution in [3.63, 3.8) is 0 Å². The van der Waals surface area contributed by atoms with Crippen LogP contribution in [-0.2, 0) is 16.1 Å². The van der Waals surface area contributed by atoms with E-state index in [2.05, 4.69) is 31.0 Å². The monoisotopic (exact) mass is 498 g/mol. The van der Waals surface area contributed by atoms with E-state index < -0.39 is 0 Å². The third kappa shape index (κ3) is 5.34. The van der Waals surface area contributed by atoms with Crippen LogP contribution in [0.1, 0.15) is 63.5 Å². The van der Waals surface area contributed by atoms with Gasteiger partial charge < -0.3 is 16.4 Å². The van der Waals surface area contributed by atoms with Crippen LogP contribution < -0.4 is 16.4 Å². The highest BCUT2D eigenvalue weighted by Gasteiger charge is 2.23. The summed E-state index contributed by atoms with van der Waals surface area (Å²) in [7, 11) is 0. The van der Waals surface area contributed by atoms with Crippen LogP contribution in [0.4, 0.5) is 17.6 Å². The molecule has 0 atom stereocenters. The van der Waals surface area contributed by atoms with Crippen molar-refractivity contribution in [1.82, 2.24) is 34.3 Å². The standard InChI is InChI=1S/C22H30N10O2S/c23-21-28-29-22(35-14-20(34)27-18-10-12-25-32(18)16-7-3-4-8-16)30(21)13-19(33)26-17-9-11-24-31(17)15-5-1-2-6-15/h9-12,15-16H,1-8,13-14H2,(H2,23,28)(H,26,33)(H,27,34). The molecule has 4 N–H and O–H groups in total. The fourth-order valence-corrected chi connectivity index (χ4v) is 5.64. The van der Waals surface area contributed by atoms with Crippen LogP contribution in [0.5, 0.6) is 0 Å². The molecule has 2 amide bonds. The number of thioether (sulfide) groups is 1. The van der Waals surface area contributed by atoms with Crippen LogP contribution >= 0.6 is 11.8 Å². The maximum atomic E-state index is 12.8. The number of nitrogens with one attached hydrogen (secondary N) is 2. The van der Waals surface area contributed by atoms with Gasteiger partial charge in [-0.2, -0.15) is 10.2 Å². The summed E-state index contributed by atoms with van der Waals surface area (Å²) in [6.45, 7) is -0.0624. The molecule has 3 aromatic rings. The Bertz CT molecular complexity index is 1170. The minimum atomic E-state index is -0.261. The molecule has 2 aliphatic carbocycles. The summed E-state index contributed by atoms with van der Waals surface area (Å²) in [6.07, 6.45) is 12.4. The molecule has 0 aromatic carbocycles. The third-order valence-corrected chi connectivity index (χ3v) is 7.56. The van der Waals surface area contributed by atoms with Crippen molar-refractivity contribution in [1.29, 1.82) is 0 Å². The van der Waals surface area contributed by atoms with Gasteiger partial charge in [-0.05, 0) is 25.7 Å². The summed E-state index contributed by atoms with van der Waals surface area (Å²) in [6, 6.07) is 4.25. The Kier molecular flexibility index (Phi) is 7.02. The van der Waals surface area contributed by atoms with Crippen LogP contribution in [0.15, 0.2) is 29.7 Å². The molecule has 2 aliphatic rings. The van der Waals surface area contributed by atoms with E-state index in [-0.39, 0.29) is 30.1 Å². The molecule has 3 aromatic heterocycles. The van der Waals surface area contributed by atoms with Gasteiger partial charge in [0, 0.05) is 12.1 Å². The molecule has 13 heteroatoms. The molecule has 0 unspecified atom stereocenters. The molecule has 3 heterocycles. The topological polar surface area (TPSA) is 151 Å². The normalized spacial score (nSPS) is 16.7. The fourth-order valence-electron chi connectivity index (χ4n) is 4.90. The SMILES string of the molecule is Nc1nnc(SCC(=O)Nc2ccnn2C2CCCC2)n1CC(=O)Nc1ccnn1C1CCCC1. The molecule has 5 rings (SSSR count). The van der Waals surface area contributed by atoms with Gasteiger partial charge in [0.15, 0.2) is 5.16 Å². The molecular formula is C22H30N10O2S. The highest BCUT2D eigenvalue weighted by molar-refractivity contribution is 7.99. The number of carbonyl (C=O) groups is 2. The zero-order valence-electron chi connectivity index (χ0n) is 19.5. The lowest BCUT2D eigenvalue weighted by molar-refractivity contribution is -0.117. The summed E-state index contributed by atoms with van der Waals surface area (Å²) in [5.74, 6) is 1.13. The van der Waals surface area contributed by atoms with E-state index in [1.807, 2.05) is 15.4 Å². The number of anilines is 3. The second kappa shape index (κ2) is 10.5. The number of aromatic nitrogens is 7. The largest absolute Gasteiger partial charge is 0.368 e. The zero-order chi connectivity index (χ0) is 24.2. The Hall–Kier alpha value is -3.35. The molecular weight excluding hydrogens is 468 g/mol. The lowest BCUT2D eigenvalue weighted by Crippen LogP contribution is -2.23. The summed E-state index contributed by atoms with van der Waals surface area (Å²) >= 11 is 1.18. The van der Waals surface area contributed by atoms with E-state index >= 15 is 0 Å². The number of carbonyl (C=O) groups excluding carboxylic acids is 2. The molecule has 0 saturated heterocycles. The Balaban J connectivity index is 1.17. The Morgan fingerprint density at radius 3 is 2.00 bits per heavy atom. The summed E-state index contributed by atoms with van der Waals surface area (Å²) < 4.78 is 5.29. The number of nitrogens with zero attached hydrogens (tertiary/aromatic N) is 7. The first-order valence-corrected chi connectivity index (χ1v) is 13.1. The van der Waals surface area contributed by atoms with Crippen molar-refractivity contribution < 1.29 is 9.59 Å². The molecule has 12 nitrogen and oxygen atoms in total. The predicted molar refractivity (Wildman–Crippen MR) is 132 cm³/mol. The van der Waals surface area contributed by atoms with Crippen molar-refractivity contribution >= 4 is 41.2 Å². The van der Waals surface area contributed by atoms with E-state index in [0.717, 1.165) is 25.7 Å². The van der Waals surface area contributed by atoms with Crippen molar-refractivity contribution in [3.05, 3.63) is 24.5 Å². The molecule has 0 bridgehead atoms. The van der Waals surface area contributed by atoms with Crippen molar-refractivity contribution in [2.45, 2.75) is 75.2 Å². The number of hydrogen-bond donors (Lipinski definition) is 3. The molecule has 2 fully saturated rings. The zero-order valence-corrected chi connectivity index (χ0v) is 20.3. The highest BCUT2D eigenvalue weighted by atomic mass is 32.2. The van der Waals surface area contributed by atoms with E-state index in [1.165, 1.54) is 42.0 Å². The minimum Gasteiger partial charge on any atom is -0.368 e. The van der Waals surface area contributed by atoms with Gasteiger partial charge >= 0.3 is 0 Å². The lowest BCUT2D eigenvalue weighted by atomic mass is 10.2. The quantitative estimate of drug-likeness (QED) is 0.381. The first-order chi connectivity index (χ1) is 17.1. The first-order valence-electron chi connectivity index (χ1n) is 12.1. The van der Waals surface area contributed by atoms with Crippen LogP contribution in [0.3, 0.4) is 0 Å². The first kappa shape index (κ1) is 23.4. The van der Waals surface area contributed by atoms with Gasteiger partial charge in [-0.3, -0.25) is 14.2 Å². The smallest absolute Gasteiger partial charge is 0.245 e. The number of hydrogen-bond acceptors (Lipinski definition) is 8. The van der Waals surface area contributed by atoms with Crippen molar-refractivity contribution in [2.24, 2.45) is 0 Å². The Morgan fingerprint density at radius 2 is 1.43 bits per heavy atom.